The van der Waals surface area contributed by atoms with Crippen LogP contribution in [0.4, 0.5) is 5.95 Å². The van der Waals surface area contributed by atoms with Gasteiger partial charge >= 0.3 is 13.7 Å². The Morgan fingerprint density at radius 1 is 1.43 bits per heavy atom. The van der Waals surface area contributed by atoms with Gasteiger partial charge in [0, 0.05) is 4.91 Å². The maximum atomic E-state index is 13.8. The summed E-state index contributed by atoms with van der Waals surface area (Å²) >= 11 is 6.18. The number of azide groups is 1. The second-order valence-corrected chi connectivity index (χ2v) is 11.3. The van der Waals surface area contributed by atoms with Crippen LogP contribution < -0.4 is 20.1 Å². The van der Waals surface area contributed by atoms with Gasteiger partial charge in [0.05, 0.1) is 37.8 Å². The second kappa shape index (κ2) is 12.7. The molecule has 1 aliphatic heterocycles. The van der Waals surface area contributed by atoms with Crippen LogP contribution in [0.15, 0.2) is 35.7 Å². The van der Waals surface area contributed by atoms with Crippen LogP contribution in [0.3, 0.4) is 0 Å². The number of hydrogen-bond donors (Lipinski definition) is 3. The molecule has 0 aliphatic carbocycles. The number of rotatable bonds is 12. The molecule has 0 amide bonds. The van der Waals surface area contributed by atoms with Gasteiger partial charge in [-0.15, -0.1) is 0 Å². The number of carbonyl (C=O) groups is 1. The minimum Gasteiger partial charge on any atom is -0.476 e. The third-order valence-corrected chi connectivity index (χ3v) is 8.27. The van der Waals surface area contributed by atoms with E-state index >= 15 is 0 Å². The zero-order valence-electron chi connectivity index (χ0n) is 22.9. The predicted molar refractivity (Wildman–Crippen MR) is 149 cm³/mol. The number of nitrogen functional groups attached to an aromatic ring is 1. The zero-order chi connectivity index (χ0) is 30.7. The van der Waals surface area contributed by atoms with E-state index in [1.165, 1.54) is 36.9 Å². The van der Waals surface area contributed by atoms with Gasteiger partial charge in [-0.3, -0.25) is 13.9 Å². The van der Waals surface area contributed by atoms with E-state index in [1.54, 1.807) is 19.1 Å². The van der Waals surface area contributed by atoms with Crippen molar-refractivity contribution in [3.05, 3.63) is 46.1 Å². The standard InChI is InChI=1S/C23H29ClN9O8P/c1-5-38-19-16-18(28-22(25)29-19)33(11-27-16)21-23(3,31-32-26)17(34)15(40-21)10-39-42(36,30-12(2)20(35)37-4)41-14-9-7-6-8-13(14)24/h6-9,11-12,15,17,21,34H,5,10H2,1-4H3,(H,30,36)(H2,25,28,29)/t12-,15+,17+,21+,23+,42?/m0/s1. The zero-order valence-corrected chi connectivity index (χ0v) is 24.6. The molecular formula is C23H29ClN9O8P. The fourth-order valence-corrected chi connectivity index (χ4v) is 6.02. The molecule has 1 aliphatic rings. The lowest BCUT2D eigenvalue weighted by Crippen LogP contribution is -2.43. The Labute approximate surface area is 244 Å². The lowest BCUT2D eigenvalue weighted by Gasteiger charge is -2.28. The minimum atomic E-state index is -4.37. The van der Waals surface area contributed by atoms with E-state index in [9.17, 15) is 20.0 Å². The van der Waals surface area contributed by atoms with Crippen LogP contribution in [-0.2, 0) is 23.4 Å². The Morgan fingerprint density at radius 3 is 2.83 bits per heavy atom. The van der Waals surface area contributed by atoms with Crippen molar-refractivity contribution in [1.29, 1.82) is 0 Å². The summed E-state index contributed by atoms with van der Waals surface area (Å²) in [6.45, 7) is 4.34. The molecule has 2 aromatic heterocycles. The largest absolute Gasteiger partial charge is 0.476 e. The number of fused-ring (bicyclic) bond motifs is 1. The Hall–Kier alpha value is -3.69. The van der Waals surface area contributed by atoms with Crippen LogP contribution in [-0.4, -0.2) is 74.7 Å². The van der Waals surface area contributed by atoms with Crippen LogP contribution in [0.25, 0.3) is 21.6 Å². The lowest BCUT2D eigenvalue weighted by atomic mass is 9.93. The molecule has 17 nitrogen and oxygen atoms in total. The van der Waals surface area contributed by atoms with Gasteiger partial charge in [0.25, 0.3) is 0 Å². The molecule has 1 saturated heterocycles. The highest BCUT2D eigenvalue weighted by Gasteiger charge is 2.55. The van der Waals surface area contributed by atoms with Gasteiger partial charge in [0.1, 0.15) is 23.4 Å². The van der Waals surface area contributed by atoms with E-state index < -0.39 is 50.3 Å². The monoisotopic (exact) mass is 625 g/mol. The average molecular weight is 626 g/mol. The highest BCUT2D eigenvalue weighted by atomic mass is 35.5. The van der Waals surface area contributed by atoms with Crippen molar-refractivity contribution in [2.75, 3.05) is 26.1 Å². The molecule has 3 heterocycles. The van der Waals surface area contributed by atoms with Crippen molar-refractivity contribution < 1.29 is 37.7 Å². The minimum absolute atomic E-state index is 0.00371. The summed E-state index contributed by atoms with van der Waals surface area (Å²) in [6.07, 6.45) is -2.56. The van der Waals surface area contributed by atoms with Crippen LogP contribution in [0, 0.1) is 0 Å². The van der Waals surface area contributed by atoms with Gasteiger partial charge in [-0.25, -0.2) is 9.55 Å². The number of aliphatic hydroxyl groups excluding tert-OH is 1. The number of halogens is 1. The SMILES string of the molecule is CCOc1nc(N)nc2c1ncn2[C@@H]1O[C@H](COP(=O)(N[C@@H](C)C(=O)OC)Oc2ccccc2Cl)[C@@H](O)[C@@]1(C)N=[N+]=[N-]. The highest BCUT2D eigenvalue weighted by Crippen LogP contribution is 2.49. The number of benzene rings is 1. The number of carbonyl (C=O) groups excluding carboxylic acids is 1. The van der Waals surface area contributed by atoms with Gasteiger partial charge in [0.2, 0.25) is 11.8 Å². The van der Waals surface area contributed by atoms with Gasteiger partial charge in [0.15, 0.2) is 17.4 Å². The molecule has 1 unspecified atom stereocenters. The quantitative estimate of drug-likeness (QED) is 0.0864. The maximum absolute atomic E-state index is 13.8. The molecule has 0 saturated carbocycles. The van der Waals surface area contributed by atoms with Crippen LogP contribution in [0.2, 0.25) is 5.02 Å². The Balaban J connectivity index is 1.65. The molecule has 6 atom stereocenters. The molecule has 0 spiro atoms. The Bertz CT molecular complexity index is 1550. The summed E-state index contributed by atoms with van der Waals surface area (Å²) in [5.41, 5.74) is 14.0. The number of aliphatic hydroxyl groups is 1. The number of nitrogens with zero attached hydrogens (tertiary/aromatic N) is 7. The van der Waals surface area contributed by atoms with Crippen molar-refractivity contribution >= 4 is 42.4 Å². The Morgan fingerprint density at radius 2 is 2.17 bits per heavy atom. The molecule has 1 aromatic carbocycles. The summed E-state index contributed by atoms with van der Waals surface area (Å²) in [7, 11) is -3.21. The summed E-state index contributed by atoms with van der Waals surface area (Å²) in [5.74, 6) is -0.718. The van der Waals surface area contributed by atoms with Crippen molar-refractivity contribution in [1.82, 2.24) is 24.6 Å². The van der Waals surface area contributed by atoms with Crippen molar-refractivity contribution in [3.8, 4) is 11.6 Å². The highest BCUT2D eigenvalue weighted by molar-refractivity contribution is 7.52. The van der Waals surface area contributed by atoms with Crippen molar-refractivity contribution in [2.45, 2.75) is 50.8 Å². The number of methoxy groups -OCH3 is 1. The molecule has 1 fully saturated rings. The first kappa shape index (κ1) is 31.3. The van der Waals surface area contributed by atoms with E-state index in [1.807, 2.05) is 0 Å². The van der Waals surface area contributed by atoms with Crippen molar-refractivity contribution in [3.63, 3.8) is 0 Å². The lowest BCUT2D eigenvalue weighted by molar-refractivity contribution is -0.142. The molecule has 19 heteroatoms. The summed E-state index contributed by atoms with van der Waals surface area (Å²) in [5, 5.41) is 17.7. The Kier molecular flexibility index (Phi) is 9.43. The topological polar surface area (TPSA) is 231 Å². The molecule has 226 valence electrons. The van der Waals surface area contributed by atoms with Crippen LogP contribution in [0.5, 0.6) is 11.6 Å². The van der Waals surface area contributed by atoms with E-state index in [0.717, 1.165) is 7.11 Å². The molecule has 4 rings (SSSR count). The number of imidazole rings is 1. The number of anilines is 1. The summed E-state index contributed by atoms with van der Waals surface area (Å²) in [4.78, 5) is 27.5. The number of ether oxygens (including phenoxy) is 3. The van der Waals surface area contributed by atoms with Crippen LogP contribution >= 0.6 is 19.3 Å². The molecular weight excluding hydrogens is 597 g/mol. The first-order valence-electron chi connectivity index (χ1n) is 12.5. The second-order valence-electron chi connectivity index (χ2n) is 9.22. The third-order valence-electron chi connectivity index (χ3n) is 6.33. The molecule has 3 aromatic rings. The maximum Gasteiger partial charge on any atom is 0.459 e. The molecule has 4 N–H and O–H groups in total. The molecule has 42 heavy (non-hydrogen) atoms. The number of aromatic nitrogens is 4. The number of hydrogen-bond acceptors (Lipinski definition) is 13. The molecule has 0 radical (unpaired) electrons. The van der Waals surface area contributed by atoms with Gasteiger partial charge < -0.3 is 29.6 Å². The summed E-state index contributed by atoms with van der Waals surface area (Å²) in [6, 6.07) is 5.07. The van der Waals surface area contributed by atoms with Gasteiger partial charge in [-0.2, -0.15) is 15.1 Å². The van der Waals surface area contributed by atoms with Gasteiger partial charge in [-0.1, -0.05) is 28.8 Å². The van der Waals surface area contributed by atoms with Crippen LogP contribution in [0.1, 0.15) is 27.0 Å². The third kappa shape index (κ3) is 6.22. The van der Waals surface area contributed by atoms with Gasteiger partial charge in [-0.05, 0) is 38.4 Å². The number of nitrogens with one attached hydrogen (secondary N) is 1. The predicted octanol–water partition coefficient (Wildman–Crippen LogP) is 3.14. The fraction of sp³-hybridized carbons (Fsp3) is 0.478. The summed E-state index contributed by atoms with van der Waals surface area (Å²) < 4.78 is 42.8. The first-order valence-corrected chi connectivity index (χ1v) is 14.4. The van der Waals surface area contributed by atoms with E-state index in [-0.39, 0.29) is 40.4 Å². The van der Waals surface area contributed by atoms with E-state index in [4.69, 9.17) is 40.6 Å². The van der Waals surface area contributed by atoms with E-state index in [0.29, 0.717) is 0 Å². The molecule has 0 bridgehead atoms. The first-order chi connectivity index (χ1) is 20.0. The number of nitrogens with two attached hydrogens (primary N) is 1. The fourth-order valence-electron chi connectivity index (χ4n) is 4.27. The average Bonchev–Trinajstić information content (AvgIpc) is 3.47. The number of para-hydroxylation sites is 1. The smallest absolute Gasteiger partial charge is 0.459 e. The normalized spacial score (nSPS) is 24.0. The number of esters is 1. The van der Waals surface area contributed by atoms with E-state index in [2.05, 4.69) is 30.1 Å². The van der Waals surface area contributed by atoms with Crippen molar-refractivity contribution in [2.24, 2.45) is 5.11 Å².